The largest absolute Gasteiger partial charge is 0.326 e. The Morgan fingerprint density at radius 1 is 1.89 bits per heavy atom. The Labute approximate surface area is 68.9 Å². The van der Waals surface area contributed by atoms with Crippen LogP contribution >= 0.6 is 22.6 Å². The van der Waals surface area contributed by atoms with Crippen molar-refractivity contribution < 1.29 is 4.21 Å². The van der Waals surface area contributed by atoms with Crippen molar-refractivity contribution in [3.05, 3.63) is 9.90 Å². The molecule has 9 heavy (non-hydrogen) atoms. The average molecular weight is 256 g/mol. The van der Waals surface area contributed by atoms with Crippen LogP contribution in [0, 0.1) is 3.70 Å². The van der Waals surface area contributed by atoms with E-state index in [1.165, 1.54) is 0 Å². The molecule has 1 N–H and O–H groups in total. The van der Waals surface area contributed by atoms with E-state index in [1.807, 2.05) is 0 Å². The van der Waals surface area contributed by atoms with Gasteiger partial charge in [-0.05, 0) is 22.6 Å². The second kappa shape index (κ2) is 2.78. The molecule has 0 amide bonds. The first-order chi connectivity index (χ1) is 4.20. The third-order valence-corrected chi connectivity index (χ3v) is 2.09. The van der Waals surface area contributed by atoms with Crippen LogP contribution in [0.5, 0.6) is 0 Å². The lowest BCUT2D eigenvalue weighted by Crippen LogP contribution is -1.88. The fraction of sp³-hybridized carbons (Fsp3) is 0.250. The summed E-state index contributed by atoms with van der Waals surface area (Å²) in [6.07, 6.45) is 3.24. The summed E-state index contributed by atoms with van der Waals surface area (Å²) in [6.45, 7) is 0. The average Bonchev–Trinajstić information content (AvgIpc) is 2.14. The molecule has 1 aromatic heterocycles. The maximum atomic E-state index is 10.7. The number of nitrogens with zero attached hydrogens (tertiary/aromatic N) is 1. The molecule has 0 spiro atoms. The van der Waals surface area contributed by atoms with Gasteiger partial charge in [0, 0.05) is 6.26 Å². The van der Waals surface area contributed by atoms with Crippen molar-refractivity contribution >= 4 is 33.4 Å². The molecule has 50 valence electrons. The van der Waals surface area contributed by atoms with Crippen LogP contribution in [-0.2, 0) is 10.8 Å². The summed E-state index contributed by atoms with van der Waals surface area (Å²) < 4.78 is 11.6. The molecule has 5 heteroatoms. The first kappa shape index (κ1) is 7.20. The van der Waals surface area contributed by atoms with Gasteiger partial charge in [0.15, 0.2) is 5.16 Å². The predicted octanol–water partition coefficient (Wildman–Crippen LogP) is 0.752. The van der Waals surface area contributed by atoms with Crippen molar-refractivity contribution in [2.24, 2.45) is 0 Å². The number of aromatic amines is 1. The quantitative estimate of drug-likeness (QED) is 0.754. The lowest BCUT2D eigenvalue weighted by molar-refractivity contribution is 0.681. The van der Waals surface area contributed by atoms with E-state index in [4.69, 9.17) is 0 Å². The molecule has 0 fully saturated rings. The Balaban J connectivity index is 2.98. The first-order valence-electron chi connectivity index (χ1n) is 2.24. The fourth-order valence-electron chi connectivity index (χ4n) is 0.428. The van der Waals surface area contributed by atoms with Crippen molar-refractivity contribution in [2.45, 2.75) is 5.16 Å². The molecule has 1 atom stereocenters. The molecule has 0 saturated carbocycles. The van der Waals surface area contributed by atoms with Crippen LogP contribution in [0.25, 0.3) is 0 Å². The van der Waals surface area contributed by atoms with Gasteiger partial charge in [0.1, 0.15) is 0 Å². The zero-order valence-electron chi connectivity index (χ0n) is 4.72. The van der Waals surface area contributed by atoms with E-state index in [2.05, 4.69) is 32.6 Å². The van der Waals surface area contributed by atoms with Gasteiger partial charge in [0.05, 0.1) is 20.7 Å². The monoisotopic (exact) mass is 256 g/mol. The normalized spacial score (nSPS) is 13.6. The van der Waals surface area contributed by atoms with Crippen molar-refractivity contribution in [1.29, 1.82) is 0 Å². The lowest BCUT2D eigenvalue weighted by atomic mass is 11.0. The minimum atomic E-state index is -0.980. The van der Waals surface area contributed by atoms with E-state index in [1.54, 1.807) is 12.5 Å². The Morgan fingerprint density at radius 2 is 2.56 bits per heavy atom. The Kier molecular flexibility index (Phi) is 2.23. The number of halogens is 1. The SMILES string of the molecule is CS(=O)c1ncc(I)[nH]1. The minimum Gasteiger partial charge on any atom is -0.326 e. The Morgan fingerprint density at radius 3 is 2.78 bits per heavy atom. The van der Waals surface area contributed by atoms with Crippen molar-refractivity contribution in [3.8, 4) is 0 Å². The van der Waals surface area contributed by atoms with E-state index in [9.17, 15) is 4.21 Å². The van der Waals surface area contributed by atoms with Gasteiger partial charge in [-0.1, -0.05) is 0 Å². The van der Waals surface area contributed by atoms with Gasteiger partial charge in [0.2, 0.25) is 0 Å². The minimum absolute atomic E-state index is 0.541. The number of rotatable bonds is 1. The summed E-state index contributed by atoms with van der Waals surface area (Å²) in [7, 11) is -0.980. The van der Waals surface area contributed by atoms with Crippen LogP contribution in [0.4, 0.5) is 0 Å². The van der Waals surface area contributed by atoms with Crippen LogP contribution in [0.15, 0.2) is 11.4 Å². The topological polar surface area (TPSA) is 45.8 Å². The fourth-order valence-corrected chi connectivity index (χ4v) is 1.46. The van der Waals surface area contributed by atoms with Gasteiger partial charge < -0.3 is 4.98 Å². The second-order valence-electron chi connectivity index (χ2n) is 1.49. The van der Waals surface area contributed by atoms with Crippen LogP contribution in [0.2, 0.25) is 0 Å². The number of hydrogen-bond donors (Lipinski definition) is 1. The molecular formula is C4H5IN2OS. The smallest absolute Gasteiger partial charge is 0.196 e. The number of aromatic nitrogens is 2. The Hall–Kier alpha value is 0.0900. The maximum Gasteiger partial charge on any atom is 0.196 e. The highest BCUT2D eigenvalue weighted by molar-refractivity contribution is 14.1. The molecule has 1 rings (SSSR count). The molecule has 1 aromatic rings. The van der Waals surface area contributed by atoms with Crippen LogP contribution < -0.4 is 0 Å². The van der Waals surface area contributed by atoms with Gasteiger partial charge in [-0.2, -0.15) is 0 Å². The van der Waals surface area contributed by atoms with Crippen LogP contribution in [0.3, 0.4) is 0 Å². The molecule has 0 radical (unpaired) electrons. The number of hydrogen-bond acceptors (Lipinski definition) is 2. The number of imidazole rings is 1. The van der Waals surface area contributed by atoms with Crippen molar-refractivity contribution in [1.82, 2.24) is 9.97 Å². The van der Waals surface area contributed by atoms with Gasteiger partial charge >= 0.3 is 0 Å². The molecule has 1 unspecified atom stereocenters. The van der Waals surface area contributed by atoms with Gasteiger partial charge in [0.25, 0.3) is 0 Å². The second-order valence-corrected chi connectivity index (χ2v) is 3.95. The van der Waals surface area contributed by atoms with Gasteiger partial charge in [-0.3, -0.25) is 4.21 Å². The molecule has 0 saturated heterocycles. The van der Waals surface area contributed by atoms with E-state index >= 15 is 0 Å². The summed E-state index contributed by atoms with van der Waals surface area (Å²) in [5.74, 6) is 0. The molecule has 0 aliphatic rings. The summed E-state index contributed by atoms with van der Waals surface area (Å²) in [6, 6.07) is 0. The Bertz CT molecular complexity index is 234. The molecule has 0 aliphatic heterocycles. The highest BCUT2D eigenvalue weighted by Crippen LogP contribution is 2.02. The van der Waals surface area contributed by atoms with E-state index in [0.717, 1.165) is 3.70 Å². The maximum absolute atomic E-state index is 10.7. The molecule has 3 nitrogen and oxygen atoms in total. The summed E-state index contributed by atoms with van der Waals surface area (Å²) in [5, 5.41) is 0.541. The highest BCUT2D eigenvalue weighted by atomic mass is 127. The van der Waals surface area contributed by atoms with E-state index in [0.29, 0.717) is 5.16 Å². The summed E-state index contributed by atoms with van der Waals surface area (Å²) in [4.78, 5) is 6.70. The van der Waals surface area contributed by atoms with Crippen LogP contribution in [-0.4, -0.2) is 20.4 Å². The zero-order valence-corrected chi connectivity index (χ0v) is 7.69. The predicted molar refractivity (Wildman–Crippen MR) is 43.6 cm³/mol. The molecular weight excluding hydrogens is 251 g/mol. The first-order valence-corrected chi connectivity index (χ1v) is 4.88. The zero-order chi connectivity index (χ0) is 6.85. The van der Waals surface area contributed by atoms with Gasteiger partial charge in [-0.25, -0.2) is 4.98 Å². The number of H-pyrrole nitrogens is 1. The summed E-state index contributed by atoms with van der Waals surface area (Å²) >= 11 is 2.08. The standard InChI is InChI=1S/C4H5IN2OS/c1-9(8)4-6-2-3(5)7-4/h2H,1H3,(H,6,7). The van der Waals surface area contributed by atoms with Gasteiger partial charge in [-0.15, -0.1) is 0 Å². The number of nitrogens with one attached hydrogen (secondary N) is 1. The van der Waals surface area contributed by atoms with E-state index in [-0.39, 0.29) is 0 Å². The van der Waals surface area contributed by atoms with Crippen LogP contribution in [0.1, 0.15) is 0 Å². The van der Waals surface area contributed by atoms with Crippen molar-refractivity contribution in [3.63, 3.8) is 0 Å². The van der Waals surface area contributed by atoms with E-state index < -0.39 is 10.8 Å². The molecule has 0 bridgehead atoms. The lowest BCUT2D eigenvalue weighted by Gasteiger charge is -1.83. The molecule has 0 aliphatic carbocycles. The molecule has 0 aromatic carbocycles. The third-order valence-electron chi connectivity index (χ3n) is 0.794. The van der Waals surface area contributed by atoms with Crippen molar-refractivity contribution in [2.75, 3.05) is 6.26 Å². The highest BCUT2D eigenvalue weighted by Gasteiger charge is 1.99. The summed E-state index contributed by atoms with van der Waals surface area (Å²) in [5.41, 5.74) is 0. The molecule has 1 heterocycles. The third kappa shape index (κ3) is 1.75.